The van der Waals surface area contributed by atoms with E-state index in [0.29, 0.717) is 42.4 Å². The molecule has 0 spiro atoms. The molecule has 3 fully saturated rings. The normalized spacial score (nSPS) is 46.2. The molecule has 2 N–H and O–H groups in total. The monoisotopic (exact) mass is 388 g/mol. The van der Waals surface area contributed by atoms with E-state index in [9.17, 15) is 14.7 Å². The fourth-order valence-corrected chi connectivity index (χ4v) is 8.05. The third-order valence-electron chi connectivity index (χ3n) is 9.56. The molecule has 0 bridgehead atoms. The van der Waals surface area contributed by atoms with Crippen LogP contribution in [0.4, 0.5) is 0 Å². The molecule has 4 aliphatic carbocycles. The third kappa shape index (κ3) is 2.98. The number of aliphatic carboxylic acids is 1. The molecule has 0 amide bonds. The highest BCUT2D eigenvalue weighted by Crippen LogP contribution is 2.67. The zero-order valence-electron chi connectivity index (χ0n) is 17.6. The van der Waals surface area contributed by atoms with Gasteiger partial charge in [0.2, 0.25) is 0 Å². The maximum atomic E-state index is 12.0. The summed E-state index contributed by atoms with van der Waals surface area (Å²) >= 11 is 0. The van der Waals surface area contributed by atoms with Gasteiger partial charge in [0.05, 0.1) is 6.10 Å². The number of fused-ring (bicyclic) bond motifs is 5. The van der Waals surface area contributed by atoms with Gasteiger partial charge in [-0.3, -0.25) is 9.59 Å². The van der Waals surface area contributed by atoms with Gasteiger partial charge in [0.25, 0.3) is 0 Å². The van der Waals surface area contributed by atoms with Gasteiger partial charge in [-0.2, -0.15) is 0 Å². The van der Waals surface area contributed by atoms with E-state index in [0.717, 1.165) is 32.1 Å². The molecule has 0 saturated heterocycles. The first kappa shape index (κ1) is 20.1. The number of hydrogen-bond acceptors (Lipinski definition) is 3. The van der Waals surface area contributed by atoms with E-state index in [4.69, 9.17) is 5.11 Å². The number of carboxylic acids is 1. The Morgan fingerprint density at radius 3 is 2.68 bits per heavy atom. The van der Waals surface area contributed by atoms with Crippen LogP contribution in [-0.4, -0.2) is 28.1 Å². The quantitative estimate of drug-likeness (QED) is 0.738. The second kappa shape index (κ2) is 6.97. The fourth-order valence-electron chi connectivity index (χ4n) is 8.05. The minimum absolute atomic E-state index is 0.0755. The van der Waals surface area contributed by atoms with Gasteiger partial charge in [-0.15, -0.1) is 0 Å². The molecular weight excluding hydrogens is 352 g/mol. The van der Waals surface area contributed by atoms with E-state index in [1.807, 2.05) is 6.08 Å². The Labute approximate surface area is 168 Å². The number of carbonyl (C=O) groups excluding carboxylic acids is 1. The Hall–Kier alpha value is -1.16. The number of rotatable bonds is 4. The Kier molecular flexibility index (Phi) is 5.01. The Balaban J connectivity index is 1.59. The Morgan fingerprint density at radius 1 is 1.21 bits per heavy atom. The van der Waals surface area contributed by atoms with Crippen molar-refractivity contribution in [3.05, 3.63) is 11.6 Å². The molecule has 0 heterocycles. The molecule has 8 atom stereocenters. The van der Waals surface area contributed by atoms with Crippen molar-refractivity contribution in [2.45, 2.75) is 84.7 Å². The number of ketones is 1. The van der Waals surface area contributed by atoms with Crippen molar-refractivity contribution in [2.24, 2.45) is 40.4 Å². The molecule has 156 valence electrons. The van der Waals surface area contributed by atoms with Gasteiger partial charge >= 0.3 is 5.97 Å². The van der Waals surface area contributed by atoms with Crippen molar-refractivity contribution < 1.29 is 19.8 Å². The van der Waals surface area contributed by atoms with Crippen molar-refractivity contribution in [1.82, 2.24) is 0 Å². The van der Waals surface area contributed by atoms with Crippen LogP contribution >= 0.6 is 0 Å². The number of aliphatic hydroxyl groups is 1. The first-order chi connectivity index (χ1) is 13.2. The molecular formula is C24H36O4. The first-order valence-electron chi connectivity index (χ1n) is 11.3. The minimum Gasteiger partial charge on any atom is -0.481 e. The van der Waals surface area contributed by atoms with Crippen LogP contribution in [0, 0.1) is 40.4 Å². The highest BCUT2D eigenvalue weighted by molar-refractivity contribution is 5.91. The molecule has 0 aromatic carbocycles. The standard InChI is InChI=1S/C24H36O4/c1-14(4-7-21(27)28)17-5-6-18-22-19(9-11-24(17,18)3)23(2)10-8-16(25)12-15(23)13-20(22)26/h12,14,17-20,22,26H,4-11,13H2,1-3H3,(H,27,28)/t14-,17?,18?,19?,20-,22?,23+,24-/m1/s1. The lowest BCUT2D eigenvalue weighted by molar-refractivity contribution is -0.137. The lowest BCUT2D eigenvalue weighted by Gasteiger charge is -2.59. The SMILES string of the molecule is C[C@H](CCC(=O)O)C1CCC2C3C(CC[C@@]21C)[C@@]1(C)CCC(=O)C=C1C[C@H]3O. The van der Waals surface area contributed by atoms with Crippen molar-refractivity contribution in [2.75, 3.05) is 0 Å². The average molecular weight is 389 g/mol. The summed E-state index contributed by atoms with van der Waals surface area (Å²) in [6.45, 7) is 7.01. The van der Waals surface area contributed by atoms with Crippen molar-refractivity contribution in [3.63, 3.8) is 0 Å². The summed E-state index contributed by atoms with van der Waals surface area (Å²) in [5.74, 6) is 1.83. The number of aliphatic hydroxyl groups excluding tert-OH is 1. The van der Waals surface area contributed by atoms with Crippen LogP contribution in [-0.2, 0) is 9.59 Å². The van der Waals surface area contributed by atoms with Crippen molar-refractivity contribution >= 4 is 11.8 Å². The lowest BCUT2D eigenvalue weighted by Crippen LogP contribution is -2.55. The summed E-state index contributed by atoms with van der Waals surface area (Å²) in [5.41, 5.74) is 1.49. The minimum atomic E-state index is -0.697. The molecule has 0 aromatic heterocycles. The average Bonchev–Trinajstić information content (AvgIpc) is 2.98. The van der Waals surface area contributed by atoms with Gasteiger partial charge in [-0.25, -0.2) is 0 Å². The second-order valence-electron chi connectivity index (χ2n) is 10.8. The maximum absolute atomic E-state index is 12.0. The van der Waals surface area contributed by atoms with Gasteiger partial charge < -0.3 is 10.2 Å². The van der Waals surface area contributed by atoms with E-state index in [1.165, 1.54) is 12.0 Å². The number of hydrogen-bond donors (Lipinski definition) is 2. The second-order valence-corrected chi connectivity index (χ2v) is 10.8. The van der Waals surface area contributed by atoms with Gasteiger partial charge in [0, 0.05) is 12.8 Å². The molecule has 28 heavy (non-hydrogen) atoms. The highest BCUT2D eigenvalue weighted by atomic mass is 16.4. The molecule has 3 saturated carbocycles. The summed E-state index contributed by atoms with van der Waals surface area (Å²) in [5, 5.41) is 20.3. The van der Waals surface area contributed by atoms with Crippen LogP contribution in [0.15, 0.2) is 11.6 Å². The van der Waals surface area contributed by atoms with E-state index >= 15 is 0 Å². The summed E-state index contributed by atoms with van der Waals surface area (Å²) in [6.07, 6.45) is 9.39. The van der Waals surface area contributed by atoms with Gasteiger partial charge in [0.1, 0.15) is 0 Å². The highest BCUT2D eigenvalue weighted by Gasteiger charge is 2.61. The van der Waals surface area contributed by atoms with E-state index in [-0.39, 0.29) is 29.1 Å². The van der Waals surface area contributed by atoms with Crippen LogP contribution in [0.5, 0.6) is 0 Å². The fraction of sp³-hybridized carbons (Fsp3) is 0.833. The smallest absolute Gasteiger partial charge is 0.303 e. The zero-order chi connectivity index (χ0) is 20.3. The Morgan fingerprint density at radius 2 is 1.96 bits per heavy atom. The van der Waals surface area contributed by atoms with Gasteiger partial charge in [-0.1, -0.05) is 26.3 Å². The number of carboxylic acid groups (broad SMARTS) is 1. The van der Waals surface area contributed by atoms with Crippen molar-refractivity contribution in [3.8, 4) is 0 Å². The van der Waals surface area contributed by atoms with E-state index in [2.05, 4.69) is 20.8 Å². The maximum Gasteiger partial charge on any atom is 0.303 e. The van der Waals surface area contributed by atoms with Crippen LogP contribution in [0.2, 0.25) is 0 Å². The van der Waals surface area contributed by atoms with E-state index in [1.54, 1.807) is 0 Å². The molecule has 0 radical (unpaired) electrons. The summed E-state index contributed by atoms with van der Waals surface area (Å²) < 4.78 is 0. The molecule has 4 nitrogen and oxygen atoms in total. The molecule has 4 aliphatic rings. The van der Waals surface area contributed by atoms with E-state index < -0.39 is 5.97 Å². The van der Waals surface area contributed by atoms with Crippen LogP contribution < -0.4 is 0 Å². The predicted octanol–water partition coefficient (Wildman–Crippen LogP) is 4.61. The predicted molar refractivity (Wildman–Crippen MR) is 108 cm³/mol. The zero-order valence-corrected chi connectivity index (χ0v) is 17.6. The third-order valence-corrected chi connectivity index (χ3v) is 9.56. The summed E-state index contributed by atoms with van der Waals surface area (Å²) in [4.78, 5) is 23.0. The number of carbonyl (C=O) groups is 2. The van der Waals surface area contributed by atoms with Crippen LogP contribution in [0.1, 0.15) is 78.6 Å². The molecule has 0 aromatic rings. The Bertz CT molecular complexity index is 697. The van der Waals surface area contributed by atoms with Crippen LogP contribution in [0.3, 0.4) is 0 Å². The topological polar surface area (TPSA) is 74.6 Å². The summed E-state index contributed by atoms with van der Waals surface area (Å²) in [6, 6.07) is 0. The first-order valence-corrected chi connectivity index (χ1v) is 11.3. The van der Waals surface area contributed by atoms with Gasteiger partial charge in [0.15, 0.2) is 5.78 Å². The lowest BCUT2D eigenvalue weighted by atomic mass is 9.45. The molecule has 4 unspecified atom stereocenters. The molecule has 0 aliphatic heterocycles. The van der Waals surface area contributed by atoms with Gasteiger partial charge in [-0.05, 0) is 91.4 Å². The van der Waals surface area contributed by atoms with Crippen LogP contribution in [0.25, 0.3) is 0 Å². The molecule has 4 rings (SSSR count). The summed E-state index contributed by atoms with van der Waals surface area (Å²) in [7, 11) is 0. The molecule has 4 heteroatoms. The van der Waals surface area contributed by atoms with Crippen molar-refractivity contribution in [1.29, 1.82) is 0 Å². The largest absolute Gasteiger partial charge is 0.481 e.